The van der Waals surface area contributed by atoms with Crippen molar-refractivity contribution in [3.63, 3.8) is 0 Å². The number of carbonyl (C=O) groups excluding carboxylic acids is 3. The highest BCUT2D eigenvalue weighted by atomic mass is 79.9. The normalized spacial score (nSPS) is 25.8. The maximum atomic E-state index is 15.2. The van der Waals surface area contributed by atoms with Crippen LogP contribution in [0.4, 0.5) is 8.78 Å². The van der Waals surface area contributed by atoms with Crippen molar-refractivity contribution in [2.24, 2.45) is 11.3 Å². The van der Waals surface area contributed by atoms with Gasteiger partial charge < -0.3 is 4.90 Å². The van der Waals surface area contributed by atoms with Gasteiger partial charge in [-0.15, -0.1) is 0 Å². The van der Waals surface area contributed by atoms with Crippen LogP contribution < -0.4 is 0 Å². The van der Waals surface area contributed by atoms with Crippen LogP contribution in [0, 0.1) is 11.3 Å². The van der Waals surface area contributed by atoms with Crippen molar-refractivity contribution in [1.29, 1.82) is 0 Å². The molecule has 2 aromatic carbocycles. The molecule has 30 heavy (non-hydrogen) atoms. The number of benzene rings is 2. The van der Waals surface area contributed by atoms with E-state index in [4.69, 9.17) is 0 Å². The fourth-order valence-electron chi connectivity index (χ4n) is 5.08. The first kappa shape index (κ1) is 20.7. The molecule has 2 aliphatic rings. The molecule has 2 atom stereocenters. The summed E-state index contributed by atoms with van der Waals surface area (Å²) in [6, 6.07) is 17.1. The molecule has 0 aromatic heterocycles. The number of halogens is 3. The molecule has 156 valence electrons. The molecule has 5 nitrogen and oxygen atoms in total. The van der Waals surface area contributed by atoms with E-state index in [1.165, 1.54) is 14.0 Å². The van der Waals surface area contributed by atoms with Gasteiger partial charge in [0.05, 0.1) is 0 Å². The second kappa shape index (κ2) is 6.70. The molecule has 0 radical (unpaired) electrons. The Kier molecular flexibility index (Phi) is 4.61. The lowest BCUT2D eigenvalue weighted by atomic mass is 9.66. The van der Waals surface area contributed by atoms with Gasteiger partial charge in [0.2, 0.25) is 17.2 Å². The first-order valence-corrected chi connectivity index (χ1v) is 10.3. The molecular formula is C22H19BrF2N2O3. The van der Waals surface area contributed by atoms with Gasteiger partial charge in [0.1, 0.15) is 11.5 Å². The Hall–Kier alpha value is -2.61. The SMILES string of the molecule is CCN1C(=O)[C@H]2C(c3ccccc3)(c3ccccc3)N(C)C(=O)[C@@]2(C(F)(F)Br)C1=O. The van der Waals surface area contributed by atoms with Crippen molar-refractivity contribution in [2.75, 3.05) is 13.6 Å². The fourth-order valence-corrected chi connectivity index (χ4v) is 5.65. The molecule has 3 amide bonds. The summed E-state index contributed by atoms with van der Waals surface area (Å²) in [7, 11) is 1.37. The van der Waals surface area contributed by atoms with Crippen molar-refractivity contribution < 1.29 is 23.2 Å². The van der Waals surface area contributed by atoms with Gasteiger partial charge in [0.15, 0.2) is 0 Å². The number of alkyl halides is 3. The lowest BCUT2D eigenvalue weighted by Gasteiger charge is -2.41. The van der Waals surface area contributed by atoms with Gasteiger partial charge in [-0.05, 0) is 34.0 Å². The number of amides is 3. The van der Waals surface area contributed by atoms with Crippen molar-refractivity contribution in [2.45, 2.75) is 17.3 Å². The first-order valence-electron chi connectivity index (χ1n) is 9.48. The molecule has 0 saturated carbocycles. The molecule has 4 rings (SSSR count). The van der Waals surface area contributed by atoms with Crippen molar-refractivity contribution >= 4 is 33.7 Å². The molecular weight excluding hydrogens is 458 g/mol. The molecule has 2 saturated heterocycles. The Morgan fingerprint density at radius 2 is 1.40 bits per heavy atom. The van der Waals surface area contributed by atoms with E-state index in [9.17, 15) is 14.4 Å². The average molecular weight is 477 g/mol. The zero-order valence-corrected chi connectivity index (χ0v) is 17.9. The summed E-state index contributed by atoms with van der Waals surface area (Å²) in [5, 5.41) is 0. The van der Waals surface area contributed by atoms with Crippen LogP contribution in [0.3, 0.4) is 0 Å². The third-order valence-electron chi connectivity index (χ3n) is 6.31. The standard InChI is InChI=1S/C22H19BrF2N2O3/c1-3-27-17(28)16-20(19(27)30,22(23,24)25)18(29)26(2)21(16,14-10-6-4-7-11-14)15-12-8-5-9-13-15/h4-13,16H,3H2,1-2H3/t16-,20-/m1/s1. The van der Waals surface area contributed by atoms with Crippen molar-refractivity contribution in [3.8, 4) is 0 Å². The highest BCUT2D eigenvalue weighted by Crippen LogP contribution is 2.66. The average Bonchev–Trinajstić information content (AvgIpc) is 3.10. The Morgan fingerprint density at radius 3 is 1.80 bits per heavy atom. The van der Waals surface area contributed by atoms with E-state index in [1.54, 1.807) is 60.7 Å². The van der Waals surface area contributed by atoms with E-state index >= 15 is 8.78 Å². The largest absolute Gasteiger partial charge is 0.330 e. The second-order valence-electron chi connectivity index (χ2n) is 7.49. The van der Waals surface area contributed by atoms with E-state index in [0.717, 1.165) is 9.80 Å². The summed E-state index contributed by atoms with van der Waals surface area (Å²) >= 11 is 2.31. The van der Waals surface area contributed by atoms with Crippen LogP contribution in [0.25, 0.3) is 0 Å². The number of likely N-dealkylation sites (tertiary alicyclic amines) is 2. The van der Waals surface area contributed by atoms with Crippen molar-refractivity contribution in [1.82, 2.24) is 9.80 Å². The molecule has 2 heterocycles. The fraction of sp³-hybridized carbons (Fsp3) is 0.318. The van der Waals surface area contributed by atoms with Gasteiger partial charge in [-0.2, -0.15) is 8.78 Å². The zero-order chi connectivity index (χ0) is 21.9. The number of hydrogen-bond acceptors (Lipinski definition) is 3. The summed E-state index contributed by atoms with van der Waals surface area (Å²) in [6.07, 6.45) is 0. The quantitative estimate of drug-likeness (QED) is 0.386. The topological polar surface area (TPSA) is 57.7 Å². The maximum absolute atomic E-state index is 15.2. The zero-order valence-electron chi connectivity index (χ0n) is 16.3. The summed E-state index contributed by atoms with van der Waals surface area (Å²) in [6.45, 7) is 1.42. The van der Waals surface area contributed by atoms with E-state index in [0.29, 0.717) is 11.1 Å². The van der Waals surface area contributed by atoms with Crippen LogP contribution in [0.2, 0.25) is 0 Å². The molecule has 2 aliphatic heterocycles. The maximum Gasteiger partial charge on any atom is 0.325 e. The molecule has 0 aliphatic carbocycles. The monoisotopic (exact) mass is 476 g/mol. The lowest BCUT2D eigenvalue weighted by molar-refractivity contribution is -0.160. The van der Waals surface area contributed by atoms with Gasteiger partial charge >= 0.3 is 4.83 Å². The predicted octanol–water partition coefficient (Wildman–Crippen LogP) is 3.38. The van der Waals surface area contributed by atoms with Crippen molar-refractivity contribution in [3.05, 3.63) is 71.8 Å². The minimum absolute atomic E-state index is 0.102. The van der Waals surface area contributed by atoms with Gasteiger partial charge in [0, 0.05) is 13.6 Å². The smallest absolute Gasteiger partial charge is 0.325 e. The van der Waals surface area contributed by atoms with Gasteiger partial charge in [-0.3, -0.25) is 19.3 Å². The summed E-state index contributed by atoms with van der Waals surface area (Å²) in [5.41, 5.74) is -3.49. The molecule has 8 heteroatoms. The van der Waals surface area contributed by atoms with E-state index in [-0.39, 0.29) is 6.54 Å². The third-order valence-corrected chi connectivity index (χ3v) is 6.93. The first-order chi connectivity index (χ1) is 14.2. The molecule has 2 fully saturated rings. The number of rotatable bonds is 4. The summed E-state index contributed by atoms with van der Waals surface area (Å²) < 4.78 is 30.3. The van der Waals surface area contributed by atoms with Crippen LogP contribution in [0.5, 0.6) is 0 Å². The highest BCUT2D eigenvalue weighted by Gasteiger charge is 2.85. The summed E-state index contributed by atoms with van der Waals surface area (Å²) in [4.78, 5) is 38.3. The number of hydrogen-bond donors (Lipinski definition) is 0. The Balaban J connectivity index is 2.16. The number of nitrogens with zero attached hydrogens (tertiary/aromatic N) is 2. The highest BCUT2D eigenvalue weighted by molar-refractivity contribution is 9.10. The van der Waals surface area contributed by atoms with Crippen LogP contribution in [0.15, 0.2) is 60.7 Å². The van der Waals surface area contributed by atoms with Crippen LogP contribution in [0.1, 0.15) is 18.1 Å². The number of carbonyl (C=O) groups is 3. The van der Waals surface area contributed by atoms with Crippen LogP contribution in [-0.2, 0) is 19.9 Å². The minimum atomic E-state index is -3.93. The lowest BCUT2D eigenvalue weighted by Crippen LogP contribution is -2.52. The Labute approximate surface area is 180 Å². The van der Waals surface area contributed by atoms with Crippen LogP contribution >= 0.6 is 15.9 Å². The van der Waals surface area contributed by atoms with E-state index in [1.807, 2.05) is 0 Å². The number of imide groups is 1. The van der Waals surface area contributed by atoms with Gasteiger partial charge in [-0.1, -0.05) is 60.7 Å². The van der Waals surface area contributed by atoms with Gasteiger partial charge in [-0.25, -0.2) is 0 Å². The van der Waals surface area contributed by atoms with E-state index < -0.39 is 39.4 Å². The molecule has 0 unspecified atom stereocenters. The second-order valence-corrected chi connectivity index (χ2v) is 8.48. The Morgan fingerprint density at radius 1 is 0.933 bits per heavy atom. The number of fused-ring (bicyclic) bond motifs is 1. The molecule has 0 bridgehead atoms. The molecule has 0 N–H and O–H groups in total. The van der Waals surface area contributed by atoms with Gasteiger partial charge in [0.25, 0.3) is 5.91 Å². The van der Waals surface area contributed by atoms with E-state index in [2.05, 4.69) is 15.9 Å². The van der Waals surface area contributed by atoms with Crippen LogP contribution in [-0.4, -0.2) is 45.9 Å². The summed E-state index contributed by atoms with van der Waals surface area (Å²) in [5.74, 6) is -4.69. The predicted molar refractivity (Wildman–Crippen MR) is 109 cm³/mol. The third kappa shape index (κ3) is 2.23. The molecule has 2 aromatic rings. The Bertz CT molecular complexity index is 986. The molecule has 0 spiro atoms. The minimum Gasteiger partial charge on any atom is -0.330 e.